The quantitative estimate of drug-likeness (QED) is 0.316. The number of aliphatic carboxylic acids is 3. The van der Waals surface area contributed by atoms with Gasteiger partial charge in [0.1, 0.15) is 17.7 Å². The van der Waals surface area contributed by atoms with E-state index in [1.54, 1.807) is 0 Å². The SMILES string of the molecule is N[C@@H](C(=O)O)[C@H](O)[C@@]1(C(=O)O)CC[C@H](CCC(=O)O)N1. The summed E-state index contributed by atoms with van der Waals surface area (Å²) in [4.78, 5) is 32.7. The molecule has 1 aliphatic rings. The van der Waals surface area contributed by atoms with Crippen molar-refractivity contribution in [3.63, 3.8) is 0 Å². The maximum atomic E-state index is 11.4. The summed E-state index contributed by atoms with van der Waals surface area (Å²) in [5.41, 5.74) is 3.42. The summed E-state index contributed by atoms with van der Waals surface area (Å²) in [6, 6.07) is -2.16. The van der Waals surface area contributed by atoms with Crippen LogP contribution in [-0.2, 0) is 14.4 Å². The lowest BCUT2D eigenvalue weighted by atomic mass is 9.86. The van der Waals surface area contributed by atoms with Crippen LogP contribution in [-0.4, -0.2) is 62.1 Å². The second kappa shape index (κ2) is 6.16. The van der Waals surface area contributed by atoms with E-state index in [-0.39, 0.29) is 19.3 Å². The molecule has 4 atom stereocenters. The normalized spacial score (nSPS) is 28.8. The van der Waals surface area contributed by atoms with E-state index in [1.165, 1.54) is 0 Å². The maximum Gasteiger partial charge on any atom is 0.326 e. The first-order valence-electron chi connectivity index (χ1n) is 6.10. The first-order chi connectivity index (χ1) is 9.20. The van der Waals surface area contributed by atoms with Crippen molar-refractivity contribution in [2.24, 2.45) is 5.73 Å². The van der Waals surface area contributed by atoms with Crippen LogP contribution >= 0.6 is 0 Å². The minimum atomic E-state index is -1.86. The van der Waals surface area contributed by atoms with E-state index in [0.29, 0.717) is 6.42 Å². The van der Waals surface area contributed by atoms with Crippen LogP contribution in [0.4, 0.5) is 0 Å². The van der Waals surface area contributed by atoms with Crippen LogP contribution in [0.1, 0.15) is 25.7 Å². The minimum Gasteiger partial charge on any atom is -0.481 e. The summed E-state index contributed by atoms with van der Waals surface area (Å²) in [6.45, 7) is 0. The van der Waals surface area contributed by atoms with Crippen LogP contribution in [0.25, 0.3) is 0 Å². The van der Waals surface area contributed by atoms with Crippen LogP contribution in [0.2, 0.25) is 0 Å². The van der Waals surface area contributed by atoms with E-state index in [1.807, 2.05) is 0 Å². The van der Waals surface area contributed by atoms with Crippen molar-refractivity contribution in [2.75, 3.05) is 0 Å². The molecule has 1 aliphatic heterocycles. The number of carboxylic acids is 3. The number of hydrogen-bond acceptors (Lipinski definition) is 6. The Labute approximate surface area is 114 Å². The van der Waals surface area contributed by atoms with Crippen molar-refractivity contribution in [1.82, 2.24) is 5.32 Å². The number of aliphatic hydroxyl groups is 1. The van der Waals surface area contributed by atoms with Gasteiger partial charge in [0.15, 0.2) is 0 Å². The highest BCUT2D eigenvalue weighted by atomic mass is 16.4. The summed E-state index contributed by atoms with van der Waals surface area (Å²) in [6.07, 6.45) is -1.46. The highest BCUT2D eigenvalue weighted by Crippen LogP contribution is 2.30. The van der Waals surface area contributed by atoms with Crippen LogP contribution in [0, 0.1) is 0 Å². The number of nitrogens with one attached hydrogen (secondary N) is 1. The summed E-state index contributed by atoms with van der Waals surface area (Å²) in [7, 11) is 0. The fourth-order valence-electron chi connectivity index (χ4n) is 2.39. The van der Waals surface area contributed by atoms with Crippen molar-refractivity contribution in [2.45, 2.75) is 49.4 Å². The predicted molar refractivity (Wildman–Crippen MR) is 65.0 cm³/mol. The second-order valence-corrected chi connectivity index (χ2v) is 4.90. The van der Waals surface area contributed by atoms with E-state index in [2.05, 4.69) is 5.32 Å². The van der Waals surface area contributed by atoms with Gasteiger partial charge in [-0.05, 0) is 19.3 Å². The molecule has 7 N–H and O–H groups in total. The molecule has 0 spiro atoms. The molecular weight excluding hydrogens is 272 g/mol. The van der Waals surface area contributed by atoms with Gasteiger partial charge in [-0.2, -0.15) is 0 Å². The third kappa shape index (κ3) is 3.24. The standard InChI is InChI=1S/C11H18N2O7/c12-7(9(17)18)8(16)11(10(19)20)4-3-5(13-11)1-2-6(14)15/h5,7-8,13,16H,1-4,12H2,(H,14,15)(H,17,18)(H,19,20)/t5-,7+,8-,11+/m0/s1. The van der Waals surface area contributed by atoms with E-state index in [0.717, 1.165) is 0 Å². The van der Waals surface area contributed by atoms with Crippen molar-refractivity contribution in [1.29, 1.82) is 0 Å². The first-order valence-corrected chi connectivity index (χ1v) is 6.10. The average molecular weight is 290 g/mol. The molecule has 1 saturated heterocycles. The molecule has 0 aliphatic carbocycles. The molecule has 0 radical (unpaired) electrons. The van der Waals surface area contributed by atoms with Crippen molar-refractivity contribution < 1.29 is 34.8 Å². The summed E-state index contributed by atoms with van der Waals surface area (Å²) in [5, 5.41) is 39.2. The van der Waals surface area contributed by atoms with E-state index >= 15 is 0 Å². The molecule has 1 heterocycles. The van der Waals surface area contributed by atoms with Gasteiger partial charge in [0, 0.05) is 12.5 Å². The molecule has 0 saturated carbocycles. The van der Waals surface area contributed by atoms with E-state index < -0.39 is 41.6 Å². The topological polar surface area (TPSA) is 170 Å². The van der Waals surface area contributed by atoms with E-state index in [4.69, 9.17) is 15.9 Å². The van der Waals surface area contributed by atoms with Gasteiger partial charge in [-0.1, -0.05) is 0 Å². The molecule has 0 amide bonds. The minimum absolute atomic E-state index is 0.0191. The van der Waals surface area contributed by atoms with Crippen LogP contribution in [0.3, 0.4) is 0 Å². The third-order valence-corrected chi connectivity index (χ3v) is 3.57. The molecule has 1 rings (SSSR count). The first kappa shape index (κ1) is 16.3. The molecule has 9 heteroatoms. The summed E-state index contributed by atoms with van der Waals surface area (Å²) >= 11 is 0. The fourth-order valence-corrected chi connectivity index (χ4v) is 2.39. The Kier molecular flexibility index (Phi) is 5.03. The molecule has 0 aromatic carbocycles. The van der Waals surface area contributed by atoms with Crippen LogP contribution < -0.4 is 11.1 Å². The number of carbonyl (C=O) groups is 3. The number of aliphatic hydroxyl groups excluding tert-OH is 1. The van der Waals surface area contributed by atoms with Gasteiger partial charge in [0.05, 0.1) is 0 Å². The molecule has 1 fully saturated rings. The zero-order valence-electron chi connectivity index (χ0n) is 10.7. The summed E-state index contributed by atoms with van der Waals surface area (Å²) < 4.78 is 0. The Morgan fingerprint density at radius 3 is 2.35 bits per heavy atom. The monoisotopic (exact) mass is 290 g/mol. The number of hydrogen-bond donors (Lipinski definition) is 6. The van der Waals surface area contributed by atoms with Gasteiger partial charge < -0.3 is 26.2 Å². The lowest BCUT2D eigenvalue weighted by Gasteiger charge is -2.33. The molecular formula is C11H18N2O7. The van der Waals surface area contributed by atoms with Crippen molar-refractivity contribution in [3.05, 3.63) is 0 Å². The lowest BCUT2D eigenvalue weighted by molar-refractivity contribution is -0.153. The molecule has 9 nitrogen and oxygen atoms in total. The highest BCUT2D eigenvalue weighted by Gasteiger charge is 2.53. The Balaban J connectivity index is 2.83. The smallest absolute Gasteiger partial charge is 0.326 e. The molecule has 20 heavy (non-hydrogen) atoms. The maximum absolute atomic E-state index is 11.4. The van der Waals surface area contributed by atoms with Gasteiger partial charge in [0.25, 0.3) is 0 Å². The predicted octanol–water partition coefficient (Wildman–Crippen LogP) is -1.80. The molecule has 0 aromatic heterocycles. The summed E-state index contributed by atoms with van der Waals surface area (Å²) in [5.74, 6) is -3.92. The van der Waals surface area contributed by atoms with Crippen molar-refractivity contribution >= 4 is 17.9 Å². The average Bonchev–Trinajstić information content (AvgIpc) is 2.80. The Morgan fingerprint density at radius 1 is 1.30 bits per heavy atom. The van der Waals surface area contributed by atoms with E-state index in [9.17, 15) is 24.6 Å². The van der Waals surface area contributed by atoms with Crippen LogP contribution in [0.5, 0.6) is 0 Å². The Hall–Kier alpha value is -1.71. The van der Waals surface area contributed by atoms with Crippen molar-refractivity contribution in [3.8, 4) is 0 Å². The van der Waals surface area contributed by atoms with Gasteiger partial charge in [0.2, 0.25) is 0 Å². The Morgan fingerprint density at radius 2 is 1.90 bits per heavy atom. The second-order valence-electron chi connectivity index (χ2n) is 4.90. The molecule has 0 unspecified atom stereocenters. The fraction of sp³-hybridized carbons (Fsp3) is 0.727. The largest absolute Gasteiger partial charge is 0.481 e. The number of carboxylic acid groups (broad SMARTS) is 3. The van der Waals surface area contributed by atoms with Crippen LogP contribution in [0.15, 0.2) is 0 Å². The highest BCUT2D eigenvalue weighted by molar-refractivity contribution is 5.83. The van der Waals surface area contributed by atoms with Gasteiger partial charge in [-0.25, -0.2) is 0 Å². The number of nitrogens with two attached hydrogens (primary N) is 1. The molecule has 0 aromatic rings. The molecule has 0 bridgehead atoms. The molecule has 114 valence electrons. The Bertz CT molecular complexity index is 414. The zero-order chi connectivity index (χ0) is 15.5. The zero-order valence-corrected chi connectivity index (χ0v) is 10.7. The van der Waals surface area contributed by atoms with Gasteiger partial charge in [-0.15, -0.1) is 0 Å². The lowest BCUT2D eigenvalue weighted by Crippen LogP contribution is -2.65. The number of rotatable bonds is 7. The van der Waals surface area contributed by atoms with Gasteiger partial charge in [-0.3, -0.25) is 19.7 Å². The van der Waals surface area contributed by atoms with Gasteiger partial charge >= 0.3 is 17.9 Å². The third-order valence-electron chi connectivity index (χ3n) is 3.57.